The van der Waals surface area contributed by atoms with Gasteiger partial charge in [-0.25, -0.2) is 0 Å². The van der Waals surface area contributed by atoms with Gasteiger partial charge in [-0.1, -0.05) is 56.2 Å². The Morgan fingerprint density at radius 2 is 1.79 bits per heavy atom. The van der Waals surface area contributed by atoms with Crippen LogP contribution < -0.4 is 0 Å². The molecular weight excluding hydrogens is 412 g/mol. The summed E-state index contributed by atoms with van der Waals surface area (Å²) in [7, 11) is 0. The molecule has 0 saturated heterocycles. The number of aliphatic hydroxyl groups excluding tert-OH is 3. The van der Waals surface area contributed by atoms with Gasteiger partial charge in [0.05, 0.1) is 23.7 Å². The Morgan fingerprint density at radius 1 is 1.09 bits per heavy atom. The minimum atomic E-state index is -0.646. The fourth-order valence-corrected chi connectivity index (χ4v) is 7.50. The lowest BCUT2D eigenvalue weighted by Crippen LogP contribution is -2.35. The van der Waals surface area contributed by atoms with Crippen LogP contribution in [0.1, 0.15) is 91.4 Å². The van der Waals surface area contributed by atoms with E-state index in [0.717, 1.165) is 24.8 Å². The molecule has 0 spiro atoms. The van der Waals surface area contributed by atoms with Crippen molar-refractivity contribution in [2.45, 2.75) is 110 Å². The number of fused-ring (bicyclic) bond motifs is 1. The topological polar surface area (TPSA) is 77.8 Å². The summed E-state index contributed by atoms with van der Waals surface area (Å²) in [5, 5.41) is 30.7. The average molecular weight is 457 g/mol. The van der Waals surface area contributed by atoms with Crippen molar-refractivity contribution in [1.29, 1.82) is 0 Å². The van der Waals surface area contributed by atoms with Crippen LogP contribution in [0.2, 0.25) is 0 Å². The van der Waals surface area contributed by atoms with Crippen LogP contribution in [-0.4, -0.2) is 39.4 Å². The molecule has 33 heavy (non-hydrogen) atoms. The molecule has 4 aliphatic rings. The highest BCUT2D eigenvalue weighted by Gasteiger charge is 2.53. The number of carbonyl (C=O) groups is 1. The quantitative estimate of drug-likeness (QED) is 0.456. The summed E-state index contributed by atoms with van der Waals surface area (Å²) < 4.78 is 0. The first-order valence-electron chi connectivity index (χ1n) is 13.3. The highest BCUT2D eigenvalue weighted by atomic mass is 16.3. The van der Waals surface area contributed by atoms with E-state index in [0.29, 0.717) is 43.4 Å². The molecule has 0 aromatic rings. The molecule has 0 aliphatic heterocycles. The Kier molecular flexibility index (Phi) is 7.38. The van der Waals surface area contributed by atoms with Crippen molar-refractivity contribution in [2.75, 3.05) is 0 Å². The second kappa shape index (κ2) is 9.79. The third-order valence-electron chi connectivity index (χ3n) is 9.57. The van der Waals surface area contributed by atoms with E-state index in [2.05, 4.69) is 32.1 Å². The largest absolute Gasteiger partial charge is 0.393 e. The first kappa shape index (κ1) is 24.9. The summed E-state index contributed by atoms with van der Waals surface area (Å²) >= 11 is 0. The van der Waals surface area contributed by atoms with Gasteiger partial charge < -0.3 is 15.3 Å². The van der Waals surface area contributed by atoms with Crippen LogP contribution in [0.5, 0.6) is 0 Å². The van der Waals surface area contributed by atoms with Crippen molar-refractivity contribution in [2.24, 2.45) is 28.6 Å². The zero-order valence-electron chi connectivity index (χ0n) is 20.8. The van der Waals surface area contributed by atoms with E-state index in [-0.39, 0.29) is 11.2 Å². The van der Waals surface area contributed by atoms with Gasteiger partial charge in [-0.05, 0) is 87.4 Å². The van der Waals surface area contributed by atoms with Crippen molar-refractivity contribution in [3.05, 3.63) is 35.5 Å². The van der Waals surface area contributed by atoms with E-state index in [1.807, 2.05) is 13.0 Å². The lowest BCUT2D eigenvalue weighted by Gasteiger charge is -2.44. The van der Waals surface area contributed by atoms with Gasteiger partial charge in [0.1, 0.15) is 5.78 Å². The zero-order valence-corrected chi connectivity index (χ0v) is 20.8. The molecule has 4 heteroatoms. The predicted molar refractivity (Wildman–Crippen MR) is 131 cm³/mol. The Balaban J connectivity index is 1.44. The summed E-state index contributed by atoms with van der Waals surface area (Å²) in [6, 6.07) is 0. The standard InChI is InChI=1S/C29H44O4/c1-4-26(32)29(14-15-29)27(33)12-7-19(2)24-10-11-25-21(6-5-13-28(24,25)3)9-8-20-16-22(30)18-23(31)17-20/h7-9,12,19,22-25,27,30-31,33H,4-6,10-11,13-18H2,1-3H3/b12-7+,21-9+/t19-,22-,23-,24-,25+,27+,28-/m1/s1. The van der Waals surface area contributed by atoms with Crippen LogP contribution in [0, 0.1) is 28.6 Å². The van der Waals surface area contributed by atoms with Crippen LogP contribution in [0.15, 0.2) is 35.5 Å². The molecule has 4 fully saturated rings. The maximum absolute atomic E-state index is 12.3. The number of hydrogen-bond acceptors (Lipinski definition) is 4. The summed E-state index contributed by atoms with van der Waals surface area (Å²) in [4.78, 5) is 12.3. The van der Waals surface area contributed by atoms with Gasteiger partial charge in [0.25, 0.3) is 0 Å². The molecule has 0 aromatic heterocycles. The molecule has 4 aliphatic carbocycles. The van der Waals surface area contributed by atoms with Gasteiger partial charge in [-0.3, -0.25) is 4.79 Å². The van der Waals surface area contributed by atoms with Crippen LogP contribution in [-0.2, 0) is 4.79 Å². The highest BCUT2D eigenvalue weighted by molar-refractivity contribution is 5.88. The molecule has 0 bridgehead atoms. The number of carbonyl (C=O) groups excluding carboxylic acids is 1. The highest BCUT2D eigenvalue weighted by Crippen LogP contribution is 2.59. The molecule has 7 atom stereocenters. The number of ketones is 1. The van der Waals surface area contributed by atoms with E-state index in [9.17, 15) is 20.1 Å². The first-order valence-corrected chi connectivity index (χ1v) is 13.3. The van der Waals surface area contributed by atoms with Gasteiger partial charge in [-0.15, -0.1) is 0 Å². The van der Waals surface area contributed by atoms with E-state index in [1.165, 1.54) is 31.3 Å². The average Bonchev–Trinajstić information content (AvgIpc) is 3.51. The molecule has 184 valence electrons. The number of hydrogen-bond donors (Lipinski definition) is 3. The lowest BCUT2D eigenvalue weighted by molar-refractivity contribution is -0.126. The van der Waals surface area contributed by atoms with Crippen molar-refractivity contribution in [3.8, 4) is 0 Å². The van der Waals surface area contributed by atoms with Gasteiger partial charge in [0, 0.05) is 6.42 Å². The number of rotatable bonds is 7. The van der Waals surface area contributed by atoms with Crippen molar-refractivity contribution in [1.82, 2.24) is 0 Å². The number of aliphatic hydroxyl groups is 3. The summed E-state index contributed by atoms with van der Waals surface area (Å²) in [6.07, 6.45) is 17.1. The SMILES string of the molecule is CCC(=O)C1([C@@H](O)/C=C/[C@@H](C)[C@H]2CC[C@H]3/C(=C/C=C4C[C@@H](O)C[C@H](O)C4)CCC[C@]23C)CC1. The Morgan fingerprint density at radius 3 is 2.42 bits per heavy atom. The van der Waals surface area contributed by atoms with E-state index in [4.69, 9.17) is 0 Å². The molecule has 0 unspecified atom stereocenters. The normalized spacial score (nSPS) is 38.8. The number of Topliss-reactive ketones (excluding diaryl/α,β-unsaturated/α-hetero) is 1. The molecule has 0 heterocycles. The molecule has 3 N–H and O–H groups in total. The summed E-state index contributed by atoms with van der Waals surface area (Å²) in [5.74, 6) is 1.75. The monoisotopic (exact) mass is 456 g/mol. The third-order valence-corrected chi connectivity index (χ3v) is 9.57. The van der Waals surface area contributed by atoms with Crippen molar-refractivity contribution in [3.63, 3.8) is 0 Å². The molecule has 0 amide bonds. The zero-order chi connectivity index (χ0) is 23.8. The molecule has 4 rings (SSSR count). The van der Waals surface area contributed by atoms with E-state index in [1.54, 1.807) is 0 Å². The van der Waals surface area contributed by atoms with Crippen LogP contribution in [0.25, 0.3) is 0 Å². The maximum atomic E-state index is 12.3. The van der Waals surface area contributed by atoms with Crippen LogP contribution in [0.4, 0.5) is 0 Å². The maximum Gasteiger partial charge on any atom is 0.141 e. The smallest absolute Gasteiger partial charge is 0.141 e. The fourth-order valence-electron chi connectivity index (χ4n) is 7.50. The van der Waals surface area contributed by atoms with E-state index >= 15 is 0 Å². The first-order chi connectivity index (χ1) is 15.7. The van der Waals surface area contributed by atoms with Crippen LogP contribution in [0.3, 0.4) is 0 Å². The van der Waals surface area contributed by atoms with Gasteiger partial charge in [0.2, 0.25) is 0 Å². The molecular formula is C29H44O4. The number of allylic oxidation sites excluding steroid dienone is 4. The van der Waals surface area contributed by atoms with Crippen LogP contribution >= 0.6 is 0 Å². The second-order valence-electron chi connectivity index (χ2n) is 11.7. The van der Waals surface area contributed by atoms with Gasteiger partial charge in [-0.2, -0.15) is 0 Å². The minimum Gasteiger partial charge on any atom is -0.393 e. The van der Waals surface area contributed by atoms with Crippen molar-refractivity contribution >= 4 is 5.78 Å². The summed E-state index contributed by atoms with van der Waals surface area (Å²) in [6.45, 7) is 6.64. The Labute approximate surface area is 199 Å². The minimum absolute atomic E-state index is 0.203. The van der Waals surface area contributed by atoms with Gasteiger partial charge in [0.15, 0.2) is 0 Å². The molecule has 4 saturated carbocycles. The van der Waals surface area contributed by atoms with Gasteiger partial charge >= 0.3 is 0 Å². The van der Waals surface area contributed by atoms with E-state index < -0.39 is 23.7 Å². The summed E-state index contributed by atoms with van der Waals surface area (Å²) in [5.41, 5.74) is 2.47. The fraction of sp³-hybridized carbons (Fsp3) is 0.759. The molecule has 4 nitrogen and oxygen atoms in total. The predicted octanol–water partition coefficient (Wildman–Crippen LogP) is 5.27. The van der Waals surface area contributed by atoms with Crippen molar-refractivity contribution < 1.29 is 20.1 Å². The second-order valence-corrected chi connectivity index (χ2v) is 11.7. The molecule has 0 aromatic carbocycles. The third kappa shape index (κ3) is 4.94. The Hall–Kier alpha value is -1.23. The lowest BCUT2D eigenvalue weighted by atomic mass is 9.61. The molecule has 0 radical (unpaired) electrons. The Bertz CT molecular complexity index is 807.